The summed E-state index contributed by atoms with van der Waals surface area (Å²) >= 11 is 1.82. The predicted octanol–water partition coefficient (Wildman–Crippen LogP) is 0.329. The number of benzene rings is 1. The molecule has 1 atom stereocenters. The van der Waals surface area contributed by atoms with Crippen molar-refractivity contribution in [3.8, 4) is 0 Å². The van der Waals surface area contributed by atoms with Gasteiger partial charge in [0, 0.05) is 11.3 Å². The summed E-state index contributed by atoms with van der Waals surface area (Å²) in [4.78, 5) is 13.8. The van der Waals surface area contributed by atoms with Gasteiger partial charge in [0.25, 0.3) is 16.0 Å². The first-order valence-electron chi connectivity index (χ1n) is 6.76. The highest BCUT2D eigenvalue weighted by Gasteiger charge is 2.34. The average Bonchev–Trinajstić information content (AvgIpc) is 2.46. The molecular formula is C13H18N4O4S2. The molecule has 10 heteroatoms. The third-order valence-corrected chi connectivity index (χ3v) is 4.12. The van der Waals surface area contributed by atoms with Gasteiger partial charge in [-0.15, -0.1) is 11.8 Å². The third-order valence-electron chi connectivity index (χ3n) is 3.13. The lowest BCUT2D eigenvalue weighted by molar-refractivity contribution is -0.125. The van der Waals surface area contributed by atoms with E-state index in [1.807, 2.05) is 36.0 Å². The Hall–Kier alpha value is -1.78. The lowest BCUT2D eigenvalue weighted by Gasteiger charge is -2.38. The zero-order valence-corrected chi connectivity index (χ0v) is 14.1. The second-order valence-corrected chi connectivity index (χ2v) is 7.62. The molecule has 2 aliphatic heterocycles. The van der Waals surface area contributed by atoms with E-state index in [0.29, 0.717) is 11.9 Å². The van der Waals surface area contributed by atoms with Crippen molar-refractivity contribution in [2.75, 3.05) is 23.6 Å². The quantitative estimate of drug-likeness (QED) is 0.488. The van der Waals surface area contributed by atoms with E-state index < -0.39 is 10.1 Å². The fourth-order valence-corrected chi connectivity index (χ4v) is 3.26. The number of thioether (sulfide) groups is 1. The summed E-state index contributed by atoms with van der Waals surface area (Å²) in [5, 5.41) is 4.18. The zero-order valence-electron chi connectivity index (χ0n) is 12.5. The van der Waals surface area contributed by atoms with Gasteiger partial charge >= 0.3 is 0 Å². The van der Waals surface area contributed by atoms with Crippen molar-refractivity contribution in [3.63, 3.8) is 0 Å². The van der Waals surface area contributed by atoms with Crippen LogP contribution in [0, 0.1) is 0 Å². The van der Waals surface area contributed by atoms with E-state index in [0.717, 1.165) is 29.4 Å². The maximum absolute atomic E-state index is 11.8. The summed E-state index contributed by atoms with van der Waals surface area (Å²) in [5.74, 6) is 2.60. The fourth-order valence-electron chi connectivity index (χ4n) is 2.24. The Kier molecular flexibility index (Phi) is 5.50. The minimum absolute atomic E-state index is 0.0112. The number of nitrogens with two attached hydrogens (primary N) is 1. The van der Waals surface area contributed by atoms with Gasteiger partial charge in [0.2, 0.25) is 0 Å². The SMILES string of the molecule is CS(=O)(=O)O.Nc1cccc(C2=NNC(=O)C3CCSCN23)c1. The first kappa shape index (κ1) is 17.6. The van der Waals surface area contributed by atoms with Crippen LogP contribution in [-0.4, -0.2) is 53.5 Å². The van der Waals surface area contributed by atoms with Gasteiger partial charge < -0.3 is 10.6 Å². The van der Waals surface area contributed by atoms with Crippen LogP contribution in [0.4, 0.5) is 5.69 Å². The number of carbonyl (C=O) groups excluding carboxylic acids is 1. The van der Waals surface area contributed by atoms with Gasteiger partial charge in [-0.25, -0.2) is 5.43 Å². The number of hydrazone groups is 1. The minimum atomic E-state index is -3.67. The van der Waals surface area contributed by atoms with Gasteiger partial charge in [0.15, 0.2) is 5.84 Å². The second-order valence-electron chi connectivity index (χ2n) is 5.08. The lowest BCUT2D eigenvalue weighted by atomic mass is 10.1. The van der Waals surface area contributed by atoms with Crippen LogP contribution in [0.15, 0.2) is 29.4 Å². The van der Waals surface area contributed by atoms with Gasteiger partial charge in [0.05, 0.1) is 12.1 Å². The van der Waals surface area contributed by atoms with E-state index >= 15 is 0 Å². The van der Waals surface area contributed by atoms with Crippen LogP contribution in [-0.2, 0) is 14.9 Å². The first-order chi connectivity index (χ1) is 10.8. The molecule has 4 N–H and O–H groups in total. The van der Waals surface area contributed by atoms with Crippen molar-refractivity contribution < 1.29 is 17.8 Å². The monoisotopic (exact) mass is 358 g/mol. The molecule has 1 saturated heterocycles. The van der Waals surface area contributed by atoms with E-state index in [4.69, 9.17) is 10.3 Å². The van der Waals surface area contributed by atoms with E-state index in [1.165, 1.54) is 0 Å². The minimum Gasteiger partial charge on any atom is -0.399 e. The predicted molar refractivity (Wildman–Crippen MR) is 90.6 cm³/mol. The number of anilines is 1. The Morgan fingerprint density at radius 3 is 2.83 bits per heavy atom. The van der Waals surface area contributed by atoms with Crippen molar-refractivity contribution in [1.29, 1.82) is 0 Å². The van der Waals surface area contributed by atoms with Gasteiger partial charge in [-0.05, 0) is 24.3 Å². The first-order valence-corrected chi connectivity index (χ1v) is 9.76. The second kappa shape index (κ2) is 7.20. The number of hydrogen-bond donors (Lipinski definition) is 3. The maximum Gasteiger partial charge on any atom is 0.262 e. The Morgan fingerprint density at radius 2 is 2.17 bits per heavy atom. The highest BCUT2D eigenvalue weighted by molar-refractivity contribution is 7.99. The molecule has 23 heavy (non-hydrogen) atoms. The van der Waals surface area contributed by atoms with Crippen LogP contribution in [0.5, 0.6) is 0 Å². The molecule has 0 bridgehead atoms. The standard InChI is InChI=1S/C12H14N4OS.CH4O3S/c13-9-3-1-2-8(6-9)11-14-15-12(17)10-4-5-18-7-16(10)11;1-5(2,3)4/h1-3,6,10H,4-5,7,13H2,(H,15,17);1H3,(H,2,3,4). The number of fused-ring (bicyclic) bond motifs is 1. The molecule has 0 aromatic heterocycles. The molecular weight excluding hydrogens is 340 g/mol. The molecule has 8 nitrogen and oxygen atoms in total. The molecule has 2 aliphatic rings. The summed E-state index contributed by atoms with van der Waals surface area (Å²) in [5.41, 5.74) is 10.0. The molecule has 0 radical (unpaired) electrons. The normalized spacial score (nSPS) is 20.6. The number of carbonyl (C=O) groups is 1. The topological polar surface area (TPSA) is 125 Å². The van der Waals surface area contributed by atoms with Crippen LogP contribution >= 0.6 is 11.8 Å². The molecule has 0 spiro atoms. The van der Waals surface area contributed by atoms with Crippen molar-refractivity contribution in [2.45, 2.75) is 12.5 Å². The molecule has 1 amide bonds. The van der Waals surface area contributed by atoms with Gasteiger partial charge in [0.1, 0.15) is 6.04 Å². The zero-order chi connectivity index (χ0) is 17.0. The molecule has 0 aliphatic carbocycles. The summed E-state index contributed by atoms with van der Waals surface area (Å²) in [6, 6.07) is 7.49. The molecule has 126 valence electrons. The van der Waals surface area contributed by atoms with Crippen LogP contribution < -0.4 is 11.2 Å². The summed E-state index contributed by atoms with van der Waals surface area (Å²) in [6.07, 6.45) is 1.57. The Balaban J connectivity index is 0.000000338. The number of nitrogens with one attached hydrogen (secondary N) is 1. The van der Waals surface area contributed by atoms with Gasteiger partial charge in [-0.2, -0.15) is 13.5 Å². The smallest absolute Gasteiger partial charge is 0.262 e. The Bertz CT molecular complexity index is 712. The van der Waals surface area contributed by atoms with Crippen LogP contribution in [0.3, 0.4) is 0 Å². The van der Waals surface area contributed by atoms with Crippen molar-refractivity contribution in [3.05, 3.63) is 29.8 Å². The van der Waals surface area contributed by atoms with Crippen LogP contribution in [0.2, 0.25) is 0 Å². The third kappa shape index (κ3) is 5.12. The number of amides is 1. The number of amidine groups is 1. The van der Waals surface area contributed by atoms with E-state index in [2.05, 4.69) is 15.4 Å². The summed E-state index contributed by atoms with van der Waals surface area (Å²) < 4.78 is 25.9. The van der Waals surface area contributed by atoms with Crippen molar-refractivity contribution in [2.24, 2.45) is 5.10 Å². The molecule has 1 unspecified atom stereocenters. The largest absolute Gasteiger partial charge is 0.399 e. The Morgan fingerprint density at radius 1 is 1.48 bits per heavy atom. The molecule has 0 saturated carbocycles. The fraction of sp³-hybridized carbons (Fsp3) is 0.385. The molecule has 3 rings (SSSR count). The summed E-state index contributed by atoms with van der Waals surface area (Å²) in [7, 11) is -3.67. The highest BCUT2D eigenvalue weighted by Crippen LogP contribution is 2.25. The molecule has 1 aromatic carbocycles. The van der Waals surface area contributed by atoms with E-state index in [-0.39, 0.29) is 11.9 Å². The average molecular weight is 358 g/mol. The summed E-state index contributed by atoms with van der Waals surface area (Å²) in [6.45, 7) is 0. The number of rotatable bonds is 1. The molecule has 2 heterocycles. The number of nitrogen functional groups attached to an aromatic ring is 1. The number of nitrogens with zero attached hydrogens (tertiary/aromatic N) is 2. The van der Waals surface area contributed by atoms with Gasteiger partial charge in [-0.3, -0.25) is 9.35 Å². The van der Waals surface area contributed by atoms with Crippen molar-refractivity contribution in [1.82, 2.24) is 10.3 Å². The number of hydrogen-bond acceptors (Lipinski definition) is 7. The van der Waals surface area contributed by atoms with Gasteiger partial charge in [-0.1, -0.05) is 12.1 Å². The Labute approximate surface area is 138 Å². The van der Waals surface area contributed by atoms with Crippen molar-refractivity contribution >= 4 is 39.3 Å². The van der Waals surface area contributed by atoms with E-state index in [9.17, 15) is 13.2 Å². The lowest BCUT2D eigenvalue weighted by Crippen LogP contribution is -2.55. The molecule has 1 aromatic rings. The van der Waals surface area contributed by atoms with Crippen LogP contribution in [0.1, 0.15) is 12.0 Å². The van der Waals surface area contributed by atoms with Crippen LogP contribution in [0.25, 0.3) is 0 Å². The maximum atomic E-state index is 11.8. The molecule has 1 fully saturated rings. The highest BCUT2D eigenvalue weighted by atomic mass is 32.2. The van der Waals surface area contributed by atoms with E-state index in [1.54, 1.807) is 0 Å².